The molecule has 25 heavy (non-hydrogen) atoms. The highest BCUT2D eigenvalue weighted by molar-refractivity contribution is 6.02. The molecule has 0 saturated heterocycles. The Labute approximate surface area is 144 Å². The molecule has 128 valence electrons. The first-order valence-electron chi connectivity index (χ1n) is 7.75. The van der Waals surface area contributed by atoms with Gasteiger partial charge in [0.25, 0.3) is 0 Å². The minimum absolute atomic E-state index is 0.0763. The van der Waals surface area contributed by atoms with E-state index >= 15 is 0 Å². The van der Waals surface area contributed by atoms with Gasteiger partial charge in [0.1, 0.15) is 5.75 Å². The number of aryl methyl sites for hydroxylation is 1. The Hall–Kier alpha value is -3.28. The summed E-state index contributed by atoms with van der Waals surface area (Å²) in [7, 11) is 1.52. The number of H-pyrrole nitrogens is 1. The molecule has 2 N–H and O–H groups in total. The molecule has 0 unspecified atom stereocenters. The maximum absolute atomic E-state index is 12.5. The zero-order valence-electron chi connectivity index (χ0n) is 13.9. The Kier molecular flexibility index (Phi) is 4.43. The number of hydrogen-bond donors (Lipinski definition) is 2. The van der Waals surface area contributed by atoms with Crippen LogP contribution in [-0.2, 0) is 11.2 Å². The van der Waals surface area contributed by atoms with Crippen LogP contribution >= 0.6 is 0 Å². The van der Waals surface area contributed by atoms with Crippen molar-refractivity contribution in [1.29, 1.82) is 0 Å². The van der Waals surface area contributed by atoms with Gasteiger partial charge in [-0.05, 0) is 36.2 Å². The van der Waals surface area contributed by atoms with Crippen LogP contribution < -0.4 is 15.2 Å². The molecule has 0 bridgehead atoms. The van der Waals surface area contributed by atoms with Crippen molar-refractivity contribution >= 4 is 28.5 Å². The lowest BCUT2D eigenvalue weighted by atomic mass is 10.1. The molecule has 1 aromatic heterocycles. The number of benzene rings is 2. The molecule has 0 radical (unpaired) electrons. The van der Waals surface area contributed by atoms with E-state index in [1.807, 2.05) is 13.0 Å². The maximum Gasteiger partial charge on any atom is 0.229 e. The fourth-order valence-electron chi connectivity index (χ4n) is 2.83. The number of aromatic amines is 1. The Balaban J connectivity index is 1.91. The van der Waals surface area contributed by atoms with Gasteiger partial charge in [-0.25, -0.2) is 0 Å². The highest BCUT2D eigenvalue weighted by Crippen LogP contribution is 2.27. The number of carboxylic acid groups (broad SMARTS) is 1. The standard InChI is InChI=1S/C19H18N2O4/c1-11-7-8-16(25-2)15(9-11)20-17(22)10-13-12-5-3-4-6-14(12)21-18(13)19(23)24/h3-9,21H,10H2,1-2H3,(H,20,22)(H,23,24)/p-1. The number of anilines is 1. The molecule has 0 saturated carbocycles. The van der Waals surface area contributed by atoms with Crippen molar-refractivity contribution in [2.24, 2.45) is 0 Å². The Morgan fingerprint density at radius 1 is 1.20 bits per heavy atom. The zero-order chi connectivity index (χ0) is 18.0. The second-order valence-electron chi connectivity index (χ2n) is 5.74. The lowest BCUT2D eigenvalue weighted by Gasteiger charge is -2.11. The summed E-state index contributed by atoms with van der Waals surface area (Å²) >= 11 is 0. The van der Waals surface area contributed by atoms with Crippen LogP contribution in [0.5, 0.6) is 5.75 Å². The number of ether oxygens (including phenoxy) is 1. The van der Waals surface area contributed by atoms with Crippen LogP contribution in [-0.4, -0.2) is 24.0 Å². The maximum atomic E-state index is 12.5. The molecule has 1 heterocycles. The van der Waals surface area contributed by atoms with Gasteiger partial charge in [-0.15, -0.1) is 0 Å². The first-order chi connectivity index (χ1) is 12.0. The smallest absolute Gasteiger partial charge is 0.229 e. The highest BCUT2D eigenvalue weighted by atomic mass is 16.5. The normalized spacial score (nSPS) is 10.6. The predicted molar refractivity (Wildman–Crippen MR) is 92.7 cm³/mol. The van der Waals surface area contributed by atoms with E-state index in [4.69, 9.17) is 4.74 Å². The summed E-state index contributed by atoms with van der Waals surface area (Å²) in [6, 6.07) is 12.6. The van der Waals surface area contributed by atoms with Gasteiger partial charge in [0, 0.05) is 10.9 Å². The molecule has 0 aliphatic rings. The lowest BCUT2D eigenvalue weighted by molar-refractivity contribution is -0.255. The number of nitrogens with one attached hydrogen (secondary N) is 2. The van der Waals surface area contributed by atoms with Crippen LogP contribution in [0.15, 0.2) is 42.5 Å². The van der Waals surface area contributed by atoms with Crippen molar-refractivity contribution in [2.45, 2.75) is 13.3 Å². The minimum Gasteiger partial charge on any atom is -0.543 e. The van der Waals surface area contributed by atoms with E-state index in [2.05, 4.69) is 10.3 Å². The van der Waals surface area contributed by atoms with Crippen LogP contribution in [0.2, 0.25) is 0 Å². The van der Waals surface area contributed by atoms with Crippen molar-refractivity contribution in [2.75, 3.05) is 12.4 Å². The van der Waals surface area contributed by atoms with Crippen LogP contribution in [0.25, 0.3) is 10.9 Å². The van der Waals surface area contributed by atoms with Crippen LogP contribution in [0.3, 0.4) is 0 Å². The molecule has 0 fully saturated rings. The monoisotopic (exact) mass is 337 g/mol. The van der Waals surface area contributed by atoms with Crippen molar-refractivity contribution < 1.29 is 19.4 Å². The predicted octanol–water partition coefficient (Wildman–Crippen LogP) is 2.03. The van der Waals surface area contributed by atoms with Crippen molar-refractivity contribution in [3.63, 3.8) is 0 Å². The lowest BCUT2D eigenvalue weighted by Crippen LogP contribution is -2.25. The van der Waals surface area contributed by atoms with Gasteiger partial charge in [0.15, 0.2) is 0 Å². The van der Waals surface area contributed by atoms with Crippen LogP contribution in [0, 0.1) is 6.92 Å². The topological polar surface area (TPSA) is 94.2 Å². The number of rotatable bonds is 5. The van der Waals surface area contributed by atoms with Gasteiger partial charge >= 0.3 is 0 Å². The largest absolute Gasteiger partial charge is 0.543 e. The first kappa shape index (κ1) is 16.6. The highest BCUT2D eigenvalue weighted by Gasteiger charge is 2.16. The number of amides is 1. The average molecular weight is 337 g/mol. The van der Waals surface area contributed by atoms with Gasteiger partial charge in [0.05, 0.1) is 30.9 Å². The molecule has 1 amide bonds. The van der Waals surface area contributed by atoms with E-state index in [9.17, 15) is 14.7 Å². The van der Waals surface area contributed by atoms with Gasteiger partial charge in [-0.1, -0.05) is 24.3 Å². The molecular formula is C19H17N2O4-. The quantitative estimate of drug-likeness (QED) is 0.745. The summed E-state index contributed by atoms with van der Waals surface area (Å²) in [6.07, 6.45) is -0.0928. The van der Waals surface area contributed by atoms with E-state index in [0.29, 0.717) is 27.9 Å². The van der Waals surface area contributed by atoms with E-state index in [-0.39, 0.29) is 18.0 Å². The van der Waals surface area contributed by atoms with E-state index in [1.54, 1.807) is 36.4 Å². The molecule has 2 aromatic carbocycles. The molecule has 0 aliphatic carbocycles. The Bertz CT molecular complexity index is 959. The number of hydrogen-bond acceptors (Lipinski definition) is 4. The SMILES string of the molecule is COc1ccc(C)cc1NC(=O)Cc1c(C(=O)[O-])[nH]c2ccccc12. The Morgan fingerprint density at radius 2 is 1.96 bits per heavy atom. The third kappa shape index (κ3) is 3.33. The molecule has 3 rings (SSSR count). The van der Waals surface area contributed by atoms with Crippen LogP contribution in [0.4, 0.5) is 5.69 Å². The van der Waals surface area contributed by atoms with Crippen molar-refractivity contribution in [3.05, 3.63) is 59.3 Å². The van der Waals surface area contributed by atoms with Gasteiger partial charge in [-0.2, -0.15) is 0 Å². The third-order valence-electron chi connectivity index (χ3n) is 3.98. The molecular weight excluding hydrogens is 320 g/mol. The fraction of sp³-hybridized carbons (Fsp3) is 0.158. The number of carbonyl (C=O) groups excluding carboxylic acids is 2. The number of aromatic carboxylic acids is 1. The van der Waals surface area contributed by atoms with E-state index in [1.165, 1.54) is 7.11 Å². The summed E-state index contributed by atoms with van der Waals surface area (Å²) in [5.74, 6) is -1.14. The fourth-order valence-corrected chi connectivity index (χ4v) is 2.83. The summed E-state index contributed by atoms with van der Waals surface area (Å²) in [5.41, 5.74) is 2.49. The number of para-hydroxylation sites is 1. The second kappa shape index (κ2) is 6.68. The number of fused-ring (bicyclic) bond motifs is 1. The number of carboxylic acids is 1. The van der Waals surface area contributed by atoms with Gasteiger partial charge in [-0.3, -0.25) is 4.79 Å². The van der Waals surface area contributed by atoms with Crippen molar-refractivity contribution in [3.8, 4) is 5.75 Å². The van der Waals surface area contributed by atoms with Gasteiger partial charge in [0.2, 0.25) is 5.91 Å². The molecule has 6 nitrogen and oxygen atoms in total. The molecule has 0 aliphatic heterocycles. The number of aromatic nitrogens is 1. The van der Waals surface area contributed by atoms with Crippen LogP contribution in [0.1, 0.15) is 21.6 Å². The second-order valence-corrected chi connectivity index (χ2v) is 5.74. The number of methoxy groups -OCH3 is 1. The van der Waals surface area contributed by atoms with Crippen molar-refractivity contribution in [1.82, 2.24) is 4.98 Å². The number of carbonyl (C=O) groups is 2. The molecule has 3 aromatic rings. The average Bonchev–Trinajstić information content (AvgIpc) is 2.94. The van der Waals surface area contributed by atoms with E-state index in [0.717, 1.165) is 5.56 Å². The molecule has 6 heteroatoms. The third-order valence-corrected chi connectivity index (χ3v) is 3.98. The van der Waals surface area contributed by atoms with E-state index < -0.39 is 5.97 Å². The summed E-state index contributed by atoms with van der Waals surface area (Å²) < 4.78 is 5.24. The first-order valence-corrected chi connectivity index (χ1v) is 7.75. The summed E-state index contributed by atoms with van der Waals surface area (Å²) in [6.45, 7) is 1.91. The molecule has 0 atom stereocenters. The summed E-state index contributed by atoms with van der Waals surface area (Å²) in [5, 5.41) is 14.9. The summed E-state index contributed by atoms with van der Waals surface area (Å²) in [4.78, 5) is 26.7. The van der Waals surface area contributed by atoms with Gasteiger partial charge < -0.3 is 24.9 Å². The zero-order valence-corrected chi connectivity index (χ0v) is 13.9. The Morgan fingerprint density at radius 3 is 2.68 bits per heavy atom. The minimum atomic E-state index is -1.34. The molecule has 0 spiro atoms.